The van der Waals surface area contributed by atoms with E-state index in [1.54, 1.807) is 6.92 Å². The molecule has 7 heteroatoms. The Morgan fingerprint density at radius 1 is 1.63 bits per heavy atom. The van der Waals surface area contributed by atoms with Crippen LogP contribution in [0.3, 0.4) is 0 Å². The van der Waals surface area contributed by atoms with Crippen LogP contribution in [0.2, 0.25) is 0 Å². The van der Waals surface area contributed by atoms with Crippen LogP contribution < -0.4 is 11.2 Å². The first-order valence-electron chi connectivity index (χ1n) is 6.04. The zero-order valence-corrected chi connectivity index (χ0v) is 10.8. The lowest BCUT2D eigenvalue weighted by Gasteiger charge is -2.26. The fourth-order valence-electron chi connectivity index (χ4n) is 2.20. The first kappa shape index (κ1) is 13.5. The summed E-state index contributed by atoms with van der Waals surface area (Å²) in [5, 5.41) is 0. The summed E-state index contributed by atoms with van der Waals surface area (Å²) in [5.41, 5.74) is -1.78. The van der Waals surface area contributed by atoms with Crippen LogP contribution in [-0.2, 0) is 20.0 Å². The van der Waals surface area contributed by atoms with Crippen LogP contribution in [-0.4, -0.2) is 28.2 Å². The number of aromatic amines is 1. The molecule has 0 aromatic carbocycles. The maximum absolute atomic E-state index is 11.7. The summed E-state index contributed by atoms with van der Waals surface area (Å²) in [5.74, 6) is -0.363. The van der Waals surface area contributed by atoms with E-state index in [0.717, 1.165) is 0 Å². The van der Waals surface area contributed by atoms with Gasteiger partial charge < -0.3 is 9.47 Å². The smallest absolute Gasteiger partial charge is 0.330 e. The molecule has 104 valence electrons. The third-order valence-electron chi connectivity index (χ3n) is 3.16. The third-order valence-corrected chi connectivity index (χ3v) is 3.16. The second-order valence-electron chi connectivity index (χ2n) is 4.74. The molecule has 0 bridgehead atoms. The van der Waals surface area contributed by atoms with Gasteiger partial charge in [0.2, 0.25) is 0 Å². The fraction of sp³-hybridized carbons (Fsp3) is 0.583. The number of esters is 1. The highest BCUT2D eigenvalue weighted by atomic mass is 16.6. The number of hydrogen-bond acceptors (Lipinski definition) is 5. The van der Waals surface area contributed by atoms with Gasteiger partial charge in [0.25, 0.3) is 5.56 Å². The van der Waals surface area contributed by atoms with Crippen LogP contribution >= 0.6 is 0 Å². The number of nitrogens with zero attached hydrogens (tertiary/aromatic N) is 1. The highest BCUT2D eigenvalue weighted by Crippen LogP contribution is 2.33. The zero-order chi connectivity index (χ0) is 14.0. The van der Waals surface area contributed by atoms with Crippen molar-refractivity contribution in [1.29, 1.82) is 0 Å². The Morgan fingerprint density at radius 3 is 3.00 bits per heavy atom. The molecule has 1 aromatic rings. The first-order valence-corrected chi connectivity index (χ1v) is 6.04. The summed E-state index contributed by atoms with van der Waals surface area (Å²) in [7, 11) is 0. The van der Waals surface area contributed by atoms with Gasteiger partial charge in [0, 0.05) is 19.2 Å². The topological polar surface area (TPSA) is 90.4 Å². The quantitative estimate of drug-likeness (QED) is 0.776. The van der Waals surface area contributed by atoms with Crippen molar-refractivity contribution in [1.82, 2.24) is 9.55 Å². The largest absolute Gasteiger partial charge is 0.463 e. The van der Waals surface area contributed by atoms with Crippen LogP contribution in [0.4, 0.5) is 0 Å². The molecule has 0 aliphatic carbocycles. The van der Waals surface area contributed by atoms with Gasteiger partial charge in [0.15, 0.2) is 0 Å². The van der Waals surface area contributed by atoms with Gasteiger partial charge in [-0.25, -0.2) is 4.79 Å². The van der Waals surface area contributed by atoms with Crippen LogP contribution in [0.15, 0.2) is 21.9 Å². The third kappa shape index (κ3) is 2.93. The number of H-pyrrole nitrogens is 1. The number of hydrogen-bond donors (Lipinski definition) is 1. The lowest BCUT2D eigenvalue weighted by atomic mass is 10.1. The molecule has 19 heavy (non-hydrogen) atoms. The molecule has 2 heterocycles. The standard InChI is InChI=1S/C12H16N2O5/c1-8(15)18-7-9-3-5-12(2,19-9)14-6-4-10(16)13-11(14)17/h4,6,9H,3,5,7H2,1-2H3,(H,13,16,17)/t9-,12+/m0/s1. The Balaban J connectivity index is 2.14. The van der Waals surface area contributed by atoms with Crippen molar-refractivity contribution in [2.24, 2.45) is 0 Å². The molecule has 0 radical (unpaired) electrons. The fourth-order valence-corrected chi connectivity index (χ4v) is 2.20. The minimum atomic E-state index is -0.827. The molecule has 1 aliphatic heterocycles. The Hall–Kier alpha value is -1.89. The molecule has 1 aliphatic rings. The predicted molar refractivity (Wildman–Crippen MR) is 65.7 cm³/mol. The number of carbonyl (C=O) groups excluding carboxylic acids is 1. The van der Waals surface area contributed by atoms with Gasteiger partial charge in [-0.15, -0.1) is 0 Å². The molecule has 2 atom stereocenters. The Morgan fingerprint density at radius 2 is 2.37 bits per heavy atom. The minimum Gasteiger partial charge on any atom is -0.463 e. The SMILES string of the molecule is CC(=O)OC[C@@H]1CC[C@](C)(n2ccc(=O)[nH]c2=O)O1. The van der Waals surface area contributed by atoms with Crippen molar-refractivity contribution in [3.8, 4) is 0 Å². The van der Waals surface area contributed by atoms with Crippen LogP contribution in [0, 0.1) is 0 Å². The summed E-state index contributed by atoms with van der Waals surface area (Å²) in [6, 6.07) is 1.27. The average Bonchev–Trinajstić information content (AvgIpc) is 2.69. The van der Waals surface area contributed by atoms with Gasteiger partial charge in [-0.2, -0.15) is 0 Å². The summed E-state index contributed by atoms with van der Waals surface area (Å²) in [6.45, 7) is 3.27. The van der Waals surface area contributed by atoms with Crippen LogP contribution in [0.5, 0.6) is 0 Å². The van der Waals surface area contributed by atoms with Gasteiger partial charge in [-0.05, 0) is 19.8 Å². The predicted octanol–water partition coefficient (Wildman–Crippen LogP) is -0.0486. The second-order valence-corrected chi connectivity index (χ2v) is 4.74. The molecule has 1 fully saturated rings. The lowest BCUT2D eigenvalue weighted by Crippen LogP contribution is -2.42. The van der Waals surface area contributed by atoms with E-state index < -0.39 is 17.0 Å². The highest BCUT2D eigenvalue weighted by molar-refractivity contribution is 5.65. The normalized spacial score (nSPS) is 26.3. The molecule has 2 rings (SSSR count). The van der Waals surface area contributed by atoms with E-state index in [-0.39, 0.29) is 18.7 Å². The summed E-state index contributed by atoms with van der Waals surface area (Å²) >= 11 is 0. The van der Waals surface area contributed by atoms with Gasteiger partial charge in [-0.3, -0.25) is 19.1 Å². The van der Waals surface area contributed by atoms with E-state index in [2.05, 4.69) is 4.98 Å². The van der Waals surface area contributed by atoms with Crippen molar-refractivity contribution in [3.05, 3.63) is 33.1 Å². The van der Waals surface area contributed by atoms with E-state index in [1.807, 2.05) is 0 Å². The van der Waals surface area contributed by atoms with E-state index in [0.29, 0.717) is 12.8 Å². The van der Waals surface area contributed by atoms with Gasteiger partial charge in [0.05, 0.1) is 6.10 Å². The average molecular weight is 268 g/mol. The Bertz CT molecular complexity index is 590. The van der Waals surface area contributed by atoms with E-state index in [1.165, 1.54) is 23.8 Å². The molecular weight excluding hydrogens is 252 g/mol. The van der Waals surface area contributed by atoms with Crippen LogP contribution in [0.1, 0.15) is 26.7 Å². The molecular formula is C12H16N2O5. The summed E-state index contributed by atoms with van der Waals surface area (Å²) < 4.78 is 12.0. The Kier molecular flexibility index (Phi) is 3.57. The number of rotatable bonds is 3. The zero-order valence-electron chi connectivity index (χ0n) is 10.8. The number of aromatic nitrogens is 2. The number of carbonyl (C=O) groups is 1. The van der Waals surface area contributed by atoms with E-state index in [4.69, 9.17) is 9.47 Å². The summed E-state index contributed by atoms with van der Waals surface area (Å²) in [6.07, 6.45) is 2.45. The van der Waals surface area contributed by atoms with Gasteiger partial charge >= 0.3 is 11.7 Å². The van der Waals surface area contributed by atoms with Crippen molar-refractivity contribution in [2.75, 3.05) is 6.61 Å². The van der Waals surface area contributed by atoms with E-state index in [9.17, 15) is 14.4 Å². The maximum Gasteiger partial charge on any atom is 0.330 e. The first-order chi connectivity index (χ1) is 8.90. The molecule has 0 saturated carbocycles. The highest BCUT2D eigenvalue weighted by Gasteiger charge is 2.38. The number of nitrogens with one attached hydrogen (secondary N) is 1. The van der Waals surface area contributed by atoms with Crippen molar-refractivity contribution >= 4 is 5.97 Å². The molecule has 0 unspecified atom stereocenters. The second kappa shape index (κ2) is 5.00. The van der Waals surface area contributed by atoms with Crippen LogP contribution in [0.25, 0.3) is 0 Å². The molecule has 7 nitrogen and oxygen atoms in total. The minimum absolute atomic E-state index is 0.170. The number of ether oxygens (including phenoxy) is 2. The summed E-state index contributed by atoms with van der Waals surface area (Å²) in [4.78, 5) is 35.7. The van der Waals surface area contributed by atoms with Gasteiger partial charge in [-0.1, -0.05) is 0 Å². The molecule has 0 spiro atoms. The monoisotopic (exact) mass is 268 g/mol. The van der Waals surface area contributed by atoms with Crippen molar-refractivity contribution in [2.45, 2.75) is 38.5 Å². The van der Waals surface area contributed by atoms with Gasteiger partial charge in [0.1, 0.15) is 12.3 Å². The van der Waals surface area contributed by atoms with Crippen molar-refractivity contribution in [3.63, 3.8) is 0 Å². The molecule has 0 amide bonds. The lowest BCUT2D eigenvalue weighted by molar-refractivity contribution is -0.150. The van der Waals surface area contributed by atoms with Crippen molar-refractivity contribution < 1.29 is 14.3 Å². The molecule has 1 N–H and O–H groups in total. The Labute approximate surface area is 109 Å². The maximum atomic E-state index is 11.7. The molecule has 1 saturated heterocycles. The van der Waals surface area contributed by atoms with E-state index >= 15 is 0 Å². The molecule has 1 aromatic heterocycles.